The highest BCUT2D eigenvalue weighted by atomic mass is 32.1. The number of nitrogens with two attached hydrogens (primary N) is 1. The second kappa shape index (κ2) is 4.77. The average Bonchev–Trinajstić information content (AvgIpc) is 2.89. The summed E-state index contributed by atoms with van der Waals surface area (Å²) in [4.78, 5) is 22.5. The van der Waals surface area contributed by atoms with Crippen LogP contribution in [0.3, 0.4) is 0 Å². The van der Waals surface area contributed by atoms with Crippen molar-refractivity contribution in [2.45, 2.75) is 31.6 Å². The van der Waals surface area contributed by atoms with E-state index in [2.05, 4.69) is 5.43 Å². The van der Waals surface area contributed by atoms with Crippen molar-refractivity contribution in [2.75, 3.05) is 0 Å². The first-order valence-corrected chi connectivity index (χ1v) is 5.88. The Balaban J connectivity index is 1.93. The molecule has 88 valence electrons. The lowest BCUT2D eigenvalue weighted by molar-refractivity contribution is -0.132. The van der Waals surface area contributed by atoms with Crippen LogP contribution in [0.5, 0.6) is 0 Å². The third-order valence-corrected chi connectivity index (χ3v) is 3.28. The van der Waals surface area contributed by atoms with Gasteiger partial charge in [0.2, 0.25) is 0 Å². The molecule has 1 saturated heterocycles. The molecule has 1 fully saturated rings. The summed E-state index contributed by atoms with van der Waals surface area (Å²) in [5.74, 6) is 4.72. The molecule has 2 heterocycles. The largest absolute Gasteiger partial charge is 0.363 e. The standard InChI is InChI=1S/C9H13N3O3S/c10-11-8(13)7-2-1-6(15-7)5-12-3-4-16-9(12)14/h3-4,6-7H,1-2,5,10H2,(H,11,13). The Labute approximate surface area is 96.0 Å². The fourth-order valence-corrected chi connectivity index (χ4v) is 2.37. The van der Waals surface area contributed by atoms with Gasteiger partial charge in [0.15, 0.2) is 0 Å². The number of amides is 1. The maximum atomic E-state index is 11.3. The molecular weight excluding hydrogens is 230 g/mol. The van der Waals surface area contributed by atoms with E-state index >= 15 is 0 Å². The van der Waals surface area contributed by atoms with Crippen molar-refractivity contribution in [3.8, 4) is 0 Å². The molecule has 2 atom stereocenters. The number of aromatic nitrogens is 1. The normalized spacial score (nSPS) is 24.6. The van der Waals surface area contributed by atoms with Gasteiger partial charge in [0.05, 0.1) is 12.6 Å². The van der Waals surface area contributed by atoms with Crippen molar-refractivity contribution in [1.29, 1.82) is 0 Å². The van der Waals surface area contributed by atoms with E-state index in [1.807, 2.05) is 0 Å². The molecule has 1 aromatic rings. The van der Waals surface area contributed by atoms with E-state index in [9.17, 15) is 9.59 Å². The average molecular weight is 243 g/mol. The molecule has 0 aliphatic carbocycles. The minimum atomic E-state index is -0.482. The van der Waals surface area contributed by atoms with Crippen LogP contribution in [0.1, 0.15) is 12.8 Å². The van der Waals surface area contributed by atoms with Crippen LogP contribution in [-0.2, 0) is 16.1 Å². The molecule has 6 nitrogen and oxygen atoms in total. The van der Waals surface area contributed by atoms with E-state index in [0.29, 0.717) is 13.0 Å². The fourth-order valence-electron chi connectivity index (χ4n) is 1.77. The molecule has 16 heavy (non-hydrogen) atoms. The van der Waals surface area contributed by atoms with Gasteiger partial charge in [0.25, 0.3) is 5.91 Å². The van der Waals surface area contributed by atoms with Gasteiger partial charge in [-0.15, -0.1) is 0 Å². The van der Waals surface area contributed by atoms with E-state index in [1.165, 1.54) is 0 Å². The number of thiazole rings is 1. The van der Waals surface area contributed by atoms with Crippen LogP contribution in [0.4, 0.5) is 0 Å². The van der Waals surface area contributed by atoms with E-state index in [1.54, 1.807) is 16.1 Å². The van der Waals surface area contributed by atoms with Gasteiger partial charge in [-0.25, -0.2) is 5.84 Å². The second-order valence-corrected chi connectivity index (χ2v) is 4.51. The van der Waals surface area contributed by atoms with E-state index < -0.39 is 6.10 Å². The van der Waals surface area contributed by atoms with Gasteiger partial charge in [-0.3, -0.25) is 15.0 Å². The van der Waals surface area contributed by atoms with Gasteiger partial charge >= 0.3 is 4.87 Å². The van der Waals surface area contributed by atoms with Crippen molar-refractivity contribution in [3.63, 3.8) is 0 Å². The first-order chi connectivity index (χ1) is 7.70. The molecule has 3 N–H and O–H groups in total. The first kappa shape index (κ1) is 11.3. The number of rotatable bonds is 3. The van der Waals surface area contributed by atoms with E-state index in [4.69, 9.17) is 10.6 Å². The number of ether oxygens (including phenoxy) is 1. The highest BCUT2D eigenvalue weighted by molar-refractivity contribution is 7.07. The third-order valence-electron chi connectivity index (χ3n) is 2.59. The second-order valence-electron chi connectivity index (χ2n) is 3.65. The van der Waals surface area contributed by atoms with Crippen LogP contribution >= 0.6 is 11.3 Å². The van der Waals surface area contributed by atoms with Gasteiger partial charge in [0.1, 0.15) is 6.10 Å². The molecule has 0 saturated carbocycles. The molecule has 0 aromatic carbocycles. The molecule has 1 amide bonds. The van der Waals surface area contributed by atoms with E-state index in [0.717, 1.165) is 17.8 Å². The summed E-state index contributed by atoms with van der Waals surface area (Å²) in [5, 5.41) is 1.74. The Morgan fingerprint density at radius 2 is 2.50 bits per heavy atom. The number of hydrogen-bond donors (Lipinski definition) is 2. The Kier molecular flexibility index (Phi) is 3.37. The maximum absolute atomic E-state index is 11.3. The summed E-state index contributed by atoms with van der Waals surface area (Å²) in [7, 11) is 0. The molecule has 1 aliphatic rings. The van der Waals surface area contributed by atoms with Crippen molar-refractivity contribution in [1.82, 2.24) is 9.99 Å². The Morgan fingerprint density at radius 3 is 3.12 bits per heavy atom. The number of nitrogens with one attached hydrogen (secondary N) is 1. The molecule has 1 aliphatic heterocycles. The van der Waals surface area contributed by atoms with Crippen LogP contribution in [0, 0.1) is 0 Å². The van der Waals surface area contributed by atoms with Crippen LogP contribution in [0.25, 0.3) is 0 Å². The number of hydrogen-bond acceptors (Lipinski definition) is 5. The van der Waals surface area contributed by atoms with Crippen LogP contribution in [-0.4, -0.2) is 22.7 Å². The van der Waals surface area contributed by atoms with Crippen LogP contribution in [0.15, 0.2) is 16.4 Å². The summed E-state index contributed by atoms with van der Waals surface area (Å²) in [5.41, 5.74) is 2.07. The Morgan fingerprint density at radius 1 is 1.69 bits per heavy atom. The monoisotopic (exact) mass is 243 g/mol. The van der Waals surface area contributed by atoms with Gasteiger partial charge in [-0.1, -0.05) is 11.3 Å². The Bertz CT molecular complexity index is 428. The minimum Gasteiger partial charge on any atom is -0.363 e. The van der Waals surface area contributed by atoms with Gasteiger partial charge in [-0.2, -0.15) is 0 Å². The number of carbonyl (C=O) groups is 1. The van der Waals surface area contributed by atoms with Crippen molar-refractivity contribution < 1.29 is 9.53 Å². The summed E-state index contributed by atoms with van der Waals surface area (Å²) in [6, 6.07) is 0. The topological polar surface area (TPSA) is 86.4 Å². The molecule has 1 aromatic heterocycles. The lowest BCUT2D eigenvalue weighted by Crippen LogP contribution is -2.39. The highest BCUT2D eigenvalue weighted by Crippen LogP contribution is 2.20. The summed E-state index contributed by atoms with van der Waals surface area (Å²) in [6.45, 7) is 0.497. The number of carbonyl (C=O) groups excluding carboxylic acids is 1. The SMILES string of the molecule is NNC(=O)C1CCC(Cn2ccsc2=O)O1. The quantitative estimate of drug-likeness (QED) is 0.423. The molecule has 0 spiro atoms. The molecule has 7 heteroatoms. The highest BCUT2D eigenvalue weighted by Gasteiger charge is 2.30. The number of nitrogens with zero attached hydrogens (tertiary/aromatic N) is 1. The fraction of sp³-hybridized carbons (Fsp3) is 0.556. The van der Waals surface area contributed by atoms with E-state index in [-0.39, 0.29) is 16.9 Å². The Hall–Kier alpha value is -1.18. The zero-order chi connectivity index (χ0) is 11.5. The van der Waals surface area contributed by atoms with Crippen molar-refractivity contribution in [2.24, 2.45) is 5.84 Å². The van der Waals surface area contributed by atoms with Gasteiger partial charge in [-0.05, 0) is 12.8 Å². The molecule has 2 unspecified atom stereocenters. The number of hydrazine groups is 1. The zero-order valence-corrected chi connectivity index (χ0v) is 9.40. The summed E-state index contributed by atoms with van der Waals surface area (Å²) < 4.78 is 7.09. The van der Waals surface area contributed by atoms with Crippen molar-refractivity contribution >= 4 is 17.2 Å². The van der Waals surface area contributed by atoms with Gasteiger partial charge < -0.3 is 9.30 Å². The first-order valence-electron chi connectivity index (χ1n) is 5.00. The minimum absolute atomic E-state index is 0.00433. The zero-order valence-electron chi connectivity index (χ0n) is 8.59. The smallest absolute Gasteiger partial charge is 0.307 e. The molecule has 2 rings (SSSR count). The van der Waals surface area contributed by atoms with Crippen LogP contribution < -0.4 is 16.1 Å². The predicted octanol–water partition coefficient (Wildman–Crippen LogP) is -0.553. The summed E-state index contributed by atoms with van der Waals surface area (Å²) in [6.07, 6.45) is 2.57. The molecule has 0 bridgehead atoms. The van der Waals surface area contributed by atoms with Crippen molar-refractivity contribution in [3.05, 3.63) is 21.2 Å². The lowest BCUT2D eigenvalue weighted by atomic mass is 10.2. The molecule has 0 radical (unpaired) electrons. The van der Waals surface area contributed by atoms with Crippen LogP contribution in [0.2, 0.25) is 0 Å². The molecular formula is C9H13N3O3S. The predicted molar refractivity (Wildman–Crippen MR) is 58.8 cm³/mol. The maximum Gasteiger partial charge on any atom is 0.307 e. The lowest BCUT2D eigenvalue weighted by Gasteiger charge is -2.12. The van der Waals surface area contributed by atoms with Gasteiger partial charge in [0, 0.05) is 11.6 Å². The third kappa shape index (κ3) is 2.31. The summed E-state index contributed by atoms with van der Waals surface area (Å²) >= 11 is 1.15.